The molecule has 1 amide bonds. The number of fused-ring (bicyclic) bond motifs is 1. The average Bonchev–Trinajstić information content (AvgIpc) is 2.72. The van der Waals surface area contributed by atoms with Gasteiger partial charge in [0.25, 0.3) is 5.91 Å². The van der Waals surface area contributed by atoms with E-state index in [1.165, 1.54) is 24.4 Å². The van der Waals surface area contributed by atoms with Gasteiger partial charge < -0.3 is 25.4 Å². The number of carbonyl (C=O) groups excluding carboxylic acids is 1. The molecule has 3 N–H and O–H groups in total. The topological polar surface area (TPSA) is 73.8 Å². The Morgan fingerprint density at radius 2 is 2.00 bits per heavy atom. The maximum atomic E-state index is 14.4. The van der Waals surface area contributed by atoms with Gasteiger partial charge in [0.1, 0.15) is 5.82 Å². The van der Waals surface area contributed by atoms with E-state index in [1.54, 1.807) is 29.2 Å². The zero-order chi connectivity index (χ0) is 20.4. The first-order valence-corrected chi connectivity index (χ1v) is 9.41. The number of anilines is 1. The van der Waals surface area contributed by atoms with Crippen molar-refractivity contribution in [1.82, 2.24) is 10.6 Å². The molecular weight excluding hydrogens is 380 g/mol. The van der Waals surface area contributed by atoms with Crippen molar-refractivity contribution >= 4 is 11.6 Å². The zero-order valence-corrected chi connectivity index (χ0v) is 15.6. The quantitative estimate of drug-likeness (QED) is 0.731. The van der Waals surface area contributed by atoms with Crippen molar-refractivity contribution in [3.05, 3.63) is 71.6 Å². The van der Waals surface area contributed by atoms with E-state index in [0.29, 0.717) is 30.8 Å². The van der Waals surface area contributed by atoms with E-state index in [9.17, 15) is 18.7 Å². The fraction of sp³-hybridized carbons (Fsp3) is 0.286. The zero-order valence-electron chi connectivity index (χ0n) is 15.6. The van der Waals surface area contributed by atoms with Gasteiger partial charge in [-0.15, -0.1) is 0 Å². The van der Waals surface area contributed by atoms with E-state index < -0.39 is 29.7 Å². The van der Waals surface area contributed by atoms with Crippen LogP contribution in [0.2, 0.25) is 0 Å². The van der Waals surface area contributed by atoms with Crippen LogP contribution in [0.25, 0.3) is 0 Å². The van der Waals surface area contributed by atoms with Gasteiger partial charge in [0.15, 0.2) is 11.6 Å². The summed E-state index contributed by atoms with van der Waals surface area (Å²) in [5.41, 5.74) is 0.793. The summed E-state index contributed by atoms with van der Waals surface area (Å²) in [5, 5.41) is 15.8. The molecule has 1 saturated heterocycles. The minimum atomic E-state index is -0.726. The molecule has 1 fully saturated rings. The Morgan fingerprint density at radius 3 is 2.79 bits per heavy atom. The number of aliphatic hydroxyl groups is 1. The van der Waals surface area contributed by atoms with Gasteiger partial charge in [-0.1, -0.05) is 24.3 Å². The molecular formula is C21H21F2N3O3. The molecule has 0 bridgehead atoms. The summed E-state index contributed by atoms with van der Waals surface area (Å²) in [6.07, 6.45) is 1.26. The summed E-state index contributed by atoms with van der Waals surface area (Å²) in [6.45, 7) is 1.14. The fourth-order valence-electron chi connectivity index (χ4n) is 3.47. The van der Waals surface area contributed by atoms with E-state index in [2.05, 4.69) is 10.6 Å². The molecule has 0 spiro atoms. The molecule has 2 unspecified atom stereocenters. The van der Waals surface area contributed by atoms with E-state index in [-0.39, 0.29) is 18.1 Å². The van der Waals surface area contributed by atoms with E-state index in [1.807, 2.05) is 0 Å². The Kier molecular flexibility index (Phi) is 5.46. The number of nitrogens with one attached hydrogen (secondary N) is 2. The van der Waals surface area contributed by atoms with Gasteiger partial charge in [-0.3, -0.25) is 4.79 Å². The fourth-order valence-corrected chi connectivity index (χ4v) is 3.47. The standard InChI is InChI=1S/C21H21F2N3O3/c22-14-5-2-1-4-13(14)11-26-12-19(29-20-15(23)6-3-7-17(20)26)21(28)25-16-8-9-24-10-18(16)27/h1-7,12,16,18,24,27H,8-11H2,(H,25,28). The van der Waals surface area contributed by atoms with Crippen molar-refractivity contribution < 1.29 is 23.4 Å². The van der Waals surface area contributed by atoms with Crippen LogP contribution in [-0.4, -0.2) is 36.2 Å². The van der Waals surface area contributed by atoms with Gasteiger partial charge in [-0.05, 0) is 31.2 Å². The highest BCUT2D eigenvalue weighted by Crippen LogP contribution is 2.37. The molecule has 8 heteroatoms. The number of hydrogen-bond acceptors (Lipinski definition) is 5. The summed E-state index contributed by atoms with van der Waals surface area (Å²) in [6, 6.07) is 10.2. The van der Waals surface area contributed by atoms with Gasteiger partial charge >= 0.3 is 0 Å². The van der Waals surface area contributed by atoms with E-state index in [0.717, 1.165) is 0 Å². The van der Waals surface area contributed by atoms with Crippen molar-refractivity contribution in [1.29, 1.82) is 0 Å². The largest absolute Gasteiger partial charge is 0.445 e. The smallest absolute Gasteiger partial charge is 0.288 e. The highest BCUT2D eigenvalue weighted by Gasteiger charge is 2.30. The summed E-state index contributed by atoms with van der Waals surface area (Å²) >= 11 is 0. The molecule has 0 aliphatic carbocycles. The van der Waals surface area contributed by atoms with Crippen LogP contribution in [0.15, 0.2) is 54.4 Å². The van der Waals surface area contributed by atoms with Gasteiger partial charge in [-0.2, -0.15) is 0 Å². The molecule has 2 aromatic carbocycles. The molecule has 152 valence electrons. The SMILES string of the molecule is O=C(NC1CCNCC1O)C1=CN(Cc2ccccc2F)c2cccc(F)c2O1. The molecule has 6 nitrogen and oxygen atoms in total. The van der Waals surface area contributed by atoms with Gasteiger partial charge in [0.2, 0.25) is 5.76 Å². The lowest BCUT2D eigenvalue weighted by atomic mass is 10.0. The van der Waals surface area contributed by atoms with Crippen LogP contribution in [0.3, 0.4) is 0 Å². The molecule has 2 aliphatic rings. The summed E-state index contributed by atoms with van der Waals surface area (Å²) in [4.78, 5) is 14.3. The number of halogens is 2. The average molecular weight is 401 g/mol. The van der Waals surface area contributed by atoms with Gasteiger partial charge in [-0.25, -0.2) is 8.78 Å². The van der Waals surface area contributed by atoms with E-state index in [4.69, 9.17) is 4.74 Å². The lowest BCUT2D eigenvalue weighted by Gasteiger charge is -2.31. The second-order valence-corrected chi connectivity index (χ2v) is 7.04. The van der Waals surface area contributed by atoms with E-state index >= 15 is 0 Å². The highest BCUT2D eigenvalue weighted by molar-refractivity contribution is 5.93. The number of para-hydroxylation sites is 1. The number of ether oxygens (including phenoxy) is 1. The molecule has 2 aromatic rings. The number of aliphatic hydroxyl groups excluding tert-OH is 1. The monoisotopic (exact) mass is 401 g/mol. The molecule has 0 aromatic heterocycles. The Labute approximate surface area is 166 Å². The number of hydrogen-bond donors (Lipinski definition) is 3. The van der Waals surface area contributed by atoms with Crippen molar-refractivity contribution in [3.63, 3.8) is 0 Å². The third-order valence-electron chi connectivity index (χ3n) is 5.03. The second kappa shape index (κ2) is 8.18. The number of piperidine rings is 1. The van der Waals surface area contributed by atoms with Crippen molar-refractivity contribution in [2.45, 2.75) is 25.1 Å². The Balaban J connectivity index is 1.62. The number of amides is 1. The minimum absolute atomic E-state index is 0.0950. The number of carbonyl (C=O) groups is 1. The first-order chi connectivity index (χ1) is 14.0. The third-order valence-corrected chi connectivity index (χ3v) is 5.03. The molecule has 2 aliphatic heterocycles. The number of nitrogens with zero attached hydrogens (tertiary/aromatic N) is 1. The number of β-amino-alcohol motifs (C(OH)–C–C–N with tert-alkyl or cyclic N) is 1. The van der Waals surface area contributed by atoms with Crippen LogP contribution < -0.4 is 20.3 Å². The molecule has 2 atom stereocenters. The highest BCUT2D eigenvalue weighted by atomic mass is 19.1. The number of benzene rings is 2. The number of rotatable bonds is 4. The van der Waals surface area contributed by atoms with Crippen LogP contribution in [0.4, 0.5) is 14.5 Å². The Morgan fingerprint density at radius 1 is 1.21 bits per heavy atom. The lowest BCUT2D eigenvalue weighted by molar-refractivity contribution is -0.121. The third kappa shape index (κ3) is 4.08. The first-order valence-electron chi connectivity index (χ1n) is 9.41. The minimum Gasteiger partial charge on any atom is -0.445 e. The summed E-state index contributed by atoms with van der Waals surface area (Å²) in [5.74, 6) is -1.80. The van der Waals surface area contributed by atoms with Crippen LogP contribution in [0, 0.1) is 11.6 Å². The normalized spacial score (nSPS) is 21.1. The van der Waals surface area contributed by atoms with Crippen LogP contribution in [-0.2, 0) is 11.3 Å². The molecule has 4 rings (SSSR count). The first kappa shape index (κ1) is 19.4. The molecule has 0 radical (unpaired) electrons. The maximum Gasteiger partial charge on any atom is 0.288 e. The predicted octanol–water partition coefficient (Wildman–Crippen LogP) is 2.04. The molecule has 29 heavy (non-hydrogen) atoms. The molecule has 0 saturated carbocycles. The second-order valence-electron chi connectivity index (χ2n) is 7.04. The van der Waals surface area contributed by atoms with Crippen LogP contribution >= 0.6 is 0 Å². The Bertz CT molecular complexity index is 951. The maximum absolute atomic E-state index is 14.4. The lowest BCUT2D eigenvalue weighted by Crippen LogP contribution is -2.53. The van der Waals surface area contributed by atoms with Gasteiger partial charge in [0, 0.05) is 12.1 Å². The van der Waals surface area contributed by atoms with Crippen molar-refractivity contribution in [2.24, 2.45) is 0 Å². The predicted molar refractivity (Wildman–Crippen MR) is 103 cm³/mol. The van der Waals surface area contributed by atoms with Crippen molar-refractivity contribution in [3.8, 4) is 5.75 Å². The van der Waals surface area contributed by atoms with Crippen LogP contribution in [0.5, 0.6) is 5.75 Å². The molecule has 2 heterocycles. The Hall–Kier alpha value is -2.97. The van der Waals surface area contributed by atoms with Gasteiger partial charge in [0.05, 0.1) is 30.6 Å². The van der Waals surface area contributed by atoms with Crippen LogP contribution in [0.1, 0.15) is 12.0 Å². The summed E-state index contributed by atoms with van der Waals surface area (Å²) in [7, 11) is 0. The van der Waals surface area contributed by atoms with Crippen molar-refractivity contribution in [2.75, 3.05) is 18.0 Å². The summed E-state index contributed by atoms with van der Waals surface area (Å²) < 4.78 is 34.1.